The van der Waals surface area contributed by atoms with Crippen LogP contribution in [0.2, 0.25) is 0 Å². The van der Waals surface area contributed by atoms with E-state index in [4.69, 9.17) is 4.74 Å². The third-order valence-corrected chi connectivity index (χ3v) is 5.37. The number of rotatable bonds is 8. The number of hydrogen-bond donors (Lipinski definition) is 1. The van der Waals surface area contributed by atoms with Gasteiger partial charge >= 0.3 is 0 Å². The lowest BCUT2D eigenvalue weighted by Gasteiger charge is -2.35. The van der Waals surface area contributed by atoms with Gasteiger partial charge in [0.2, 0.25) is 6.41 Å². The van der Waals surface area contributed by atoms with E-state index in [1.54, 1.807) is 13.0 Å². The lowest BCUT2D eigenvalue weighted by Crippen LogP contribution is -2.46. The molecule has 0 fully saturated rings. The number of amides is 1. The molecule has 3 rings (SSSR count). The summed E-state index contributed by atoms with van der Waals surface area (Å²) in [7, 11) is 0. The number of carbonyl (C=O) groups excluding carboxylic acids is 3. The molecule has 0 radical (unpaired) electrons. The van der Waals surface area contributed by atoms with Crippen LogP contribution >= 0.6 is 0 Å². The Morgan fingerprint density at radius 3 is 2.59 bits per heavy atom. The Balaban J connectivity index is 1.74. The summed E-state index contributed by atoms with van der Waals surface area (Å²) in [5.41, 5.74) is 1.52. The van der Waals surface area contributed by atoms with E-state index in [-0.39, 0.29) is 23.1 Å². The van der Waals surface area contributed by atoms with Crippen molar-refractivity contribution in [1.82, 2.24) is 0 Å². The Hall–Kier alpha value is -3.15. The first kappa shape index (κ1) is 20.6. The van der Waals surface area contributed by atoms with E-state index >= 15 is 0 Å². The zero-order chi connectivity index (χ0) is 21.0. The maximum atomic E-state index is 12.6. The average Bonchev–Trinajstić information content (AvgIpc) is 2.69. The van der Waals surface area contributed by atoms with Gasteiger partial charge in [0.05, 0.1) is 29.3 Å². The summed E-state index contributed by atoms with van der Waals surface area (Å²) >= 11 is 0. The summed E-state index contributed by atoms with van der Waals surface area (Å²) in [5, 5.41) is 10.4. The molecule has 6 heteroatoms. The van der Waals surface area contributed by atoms with Crippen molar-refractivity contribution in [3.8, 4) is 11.5 Å². The van der Waals surface area contributed by atoms with Crippen molar-refractivity contribution in [2.24, 2.45) is 5.92 Å². The van der Waals surface area contributed by atoms with Crippen molar-refractivity contribution in [3.05, 3.63) is 53.6 Å². The number of aldehydes is 1. The topological polar surface area (TPSA) is 83.9 Å². The van der Waals surface area contributed by atoms with E-state index in [0.29, 0.717) is 18.4 Å². The van der Waals surface area contributed by atoms with Crippen molar-refractivity contribution in [3.63, 3.8) is 0 Å². The molecule has 0 aromatic heterocycles. The maximum Gasteiger partial charge on any atom is 0.214 e. The summed E-state index contributed by atoms with van der Waals surface area (Å²) in [4.78, 5) is 36.8. The maximum absolute atomic E-state index is 12.6. The number of anilines is 1. The number of aryl methyl sites for hydroxylation is 1. The highest BCUT2D eigenvalue weighted by Gasteiger charge is 2.40. The lowest BCUT2D eigenvalue weighted by atomic mass is 9.86. The van der Waals surface area contributed by atoms with Gasteiger partial charge in [0.1, 0.15) is 17.8 Å². The second-order valence-electron chi connectivity index (χ2n) is 7.42. The molecule has 2 aromatic rings. The van der Waals surface area contributed by atoms with Crippen LogP contribution in [-0.2, 0) is 16.0 Å². The first-order valence-corrected chi connectivity index (χ1v) is 9.77. The predicted molar refractivity (Wildman–Crippen MR) is 109 cm³/mol. The van der Waals surface area contributed by atoms with E-state index in [2.05, 4.69) is 12.1 Å². The van der Waals surface area contributed by atoms with Crippen LogP contribution in [0.1, 0.15) is 42.6 Å². The second kappa shape index (κ2) is 8.90. The van der Waals surface area contributed by atoms with E-state index in [0.717, 1.165) is 19.3 Å². The van der Waals surface area contributed by atoms with Crippen LogP contribution in [-0.4, -0.2) is 35.7 Å². The van der Waals surface area contributed by atoms with Gasteiger partial charge in [0, 0.05) is 12.1 Å². The van der Waals surface area contributed by atoms with Crippen LogP contribution in [0.15, 0.2) is 42.5 Å². The standard InChI is InChI=1S/C23H25NO5/c1-15(7-6-10-17-8-4-3-5-9-17)29-18-11-20-22(21(27)12-18)23(28)19(13-25)16(2)24(20)14-26/h3-5,8-9,11-16,19,27H,6-7,10H2,1-2H3. The summed E-state index contributed by atoms with van der Waals surface area (Å²) in [6, 6.07) is 12.5. The smallest absolute Gasteiger partial charge is 0.214 e. The van der Waals surface area contributed by atoms with Crippen LogP contribution in [0, 0.1) is 5.92 Å². The first-order valence-electron chi connectivity index (χ1n) is 9.77. The molecule has 0 aliphatic carbocycles. The molecular weight excluding hydrogens is 370 g/mol. The van der Waals surface area contributed by atoms with Crippen LogP contribution < -0.4 is 9.64 Å². The van der Waals surface area contributed by atoms with Crippen molar-refractivity contribution >= 4 is 24.2 Å². The molecule has 1 aliphatic rings. The van der Waals surface area contributed by atoms with Crippen LogP contribution in [0.5, 0.6) is 11.5 Å². The number of Topliss-reactive ketones (excluding diaryl/α,β-unsaturated/α-hetero) is 1. The number of fused-ring (bicyclic) bond motifs is 1. The largest absolute Gasteiger partial charge is 0.507 e. The molecule has 1 N–H and O–H groups in total. The number of ketones is 1. The van der Waals surface area contributed by atoms with Crippen molar-refractivity contribution in [1.29, 1.82) is 0 Å². The quantitative estimate of drug-likeness (QED) is 0.546. The molecule has 0 saturated carbocycles. The fourth-order valence-electron chi connectivity index (χ4n) is 3.75. The minimum Gasteiger partial charge on any atom is -0.507 e. The zero-order valence-electron chi connectivity index (χ0n) is 16.6. The Labute approximate surface area is 170 Å². The number of carbonyl (C=O) groups is 3. The van der Waals surface area contributed by atoms with Gasteiger partial charge < -0.3 is 19.5 Å². The summed E-state index contributed by atoms with van der Waals surface area (Å²) < 4.78 is 5.93. The number of phenolic OH excluding ortho intramolecular Hbond substituents is 1. The molecule has 3 atom stereocenters. The van der Waals surface area contributed by atoms with Gasteiger partial charge in [-0.25, -0.2) is 0 Å². The average molecular weight is 395 g/mol. The molecule has 3 unspecified atom stereocenters. The molecule has 1 amide bonds. The van der Waals surface area contributed by atoms with Crippen molar-refractivity contribution < 1.29 is 24.2 Å². The lowest BCUT2D eigenvalue weighted by molar-refractivity contribution is -0.111. The minimum atomic E-state index is -0.998. The van der Waals surface area contributed by atoms with Crippen LogP contribution in [0.4, 0.5) is 5.69 Å². The van der Waals surface area contributed by atoms with Crippen molar-refractivity contribution in [2.75, 3.05) is 4.90 Å². The molecule has 2 aromatic carbocycles. The molecule has 1 heterocycles. The third-order valence-electron chi connectivity index (χ3n) is 5.37. The molecule has 6 nitrogen and oxygen atoms in total. The Morgan fingerprint density at radius 1 is 1.21 bits per heavy atom. The zero-order valence-corrected chi connectivity index (χ0v) is 16.6. The van der Waals surface area contributed by atoms with Gasteiger partial charge in [-0.3, -0.25) is 9.59 Å². The Morgan fingerprint density at radius 2 is 1.93 bits per heavy atom. The fraction of sp³-hybridized carbons (Fsp3) is 0.348. The number of hydrogen-bond acceptors (Lipinski definition) is 5. The van der Waals surface area contributed by atoms with Gasteiger partial charge in [-0.1, -0.05) is 30.3 Å². The van der Waals surface area contributed by atoms with Gasteiger partial charge in [-0.05, 0) is 38.7 Å². The molecule has 0 bridgehead atoms. The number of nitrogens with zero attached hydrogens (tertiary/aromatic N) is 1. The molecule has 29 heavy (non-hydrogen) atoms. The number of aromatic hydroxyl groups is 1. The highest BCUT2D eigenvalue weighted by molar-refractivity contribution is 6.15. The SMILES string of the molecule is CC(CCCc1ccccc1)Oc1cc(O)c2c(c1)N(C=O)C(C)C(C=O)C2=O. The van der Waals surface area contributed by atoms with Gasteiger partial charge in [-0.2, -0.15) is 0 Å². The third kappa shape index (κ3) is 4.31. The van der Waals surface area contributed by atoms with Gasteiger partial charge in [0.15, 0.2) is 5.78 Å². The van der Waals surface area contributed by atoms with Crippen LogP contribution in [0.3, 0.4) is 0 Å². The van der Waals surface area contributed by atoms with Crippen LogP contribution in [0.25, 0.3) is 0 Å². The highest BCUT2D eigenvalue weighted by Crippen LogP contribution is 2.40. The van der Waals surface area contributed by atoms with E-state index < -0.39 is 17.7 Å². The first-order chi connectivity index (χ1) is 14.0. The summed E-state index contributed by atoms with van der Waals surface area (Å²) in [6.45, 7) is 3.57. The second-order valence-corrected chi connectivity index (χ2v) is 7.42. The normalized spacial score (nSPS) is 19.4. The van der Waals surface area contributed by atoms with E-state index in [1.165, 1.54) is 16.5 Å². The van der Waals surface area contributed by atoms with Gasteiger partial charge in [-0.15, -0.1) is 0 Å². The molecular formula is C23H25NO5. The molecule has 152 valence electrons. The van der Waals surface area contributed by atoms with Gasteiger partial charge in [0.25, 0.3) is 0 Å². The number of phenols is 1. The minimum absolute atomic E-state index is 0.0172. The molecule has 0 spiro atoms. The molecule has 1 aliphatic heterocycles. The summed E-state index contributed by atoms with van der Waals surface area (Å²) in [5.74, 6) is -1.39. The molecule has 0 saturated heterocycles. The Kier molecular flexibility index (Phi) is 6.32. The fourth-order valence-corrected chi connectivity index (χ4v) is 3.75. The van der Waals surface area contributed by atoms with E-state index in [9.17, 15) is 19.5 Å². The Bertz CT molecular complexity index is 896. The highest BCUT2D eigenvalue weighted by atomic mass is 16.5. The number of benzene rings is 2. The van der Waals surface area contributed by atoms with Crippen molar-refractivity contribution in [2.45, 2.75) is 45.3 Å². The number of ether oxygens (including phenoxy) is 1. The predicted octanol–water partition coefficient (Wildman–Crippen LogP) is 3.55. The summed E-state index contributed by atoms with van der Waals surface area (Å²) in [6.07, 6.45) is 3.68. The monoisotopic (exact) mass is 395 g/mol. The van der Waals surface area contributed by atoms with E-state index in [1.807, 2.05) is 25.1 Å².